The maximum Gasteiger partial charge on any atom is 0.312 e. The number of carbonyl (C=O) groups is 4. The summed E-state index contributed by atoms with van der Waals surface area (Å²) >= 11 is 0. The highest BCUT2D eigenvalue weighted by Crippen LogP contribution is 2.50. The number of aliphatic hydroxyl groups excluding tert-OH is 2. The number of hydrogen-bond donors (Lipinski definition) is 4. The molecular formula is C49H70N4O11. The number of benzene rings is 1. The van der Waals surface area contributed by atoms with Crippen molar-refractivity contribution < 1.29 is 53.1 Å². The summed E-state index contributed by atoms with van der Waals surface area (Å²) in [6, 6.07) is -1.88. The summed E-state index contributed by atoms with van der Waals surface area (Å²) in [4.78, 5) is 64.5. The number of ether oxygens (including phenoxy) is 5. The van der Waals surface area contributed by atoms with Crippen LogP contribution in [0.4, 0.5) is 0 Å². The molecule has 0 saturated carbocycles. The highest BCUT2D eigenvalue weighted by molar-refractivity contribution is 6.29. The van der Waals surface area contributed by atoms with Crippen molar-refractivity contribution in [2.24, 2.45) is 46.4 Å². The number of carbonyl (C=O) groups excluding carboxylic acids is 4. The van der Waals surface area contributed by atoms with Crippen LogP contribution < -0.4 is 20.1 Å². The first-order valence-corrected chi connectivity index (χ1v) is 22.8. The summed E-state index contributed by atoms with van der Waals surface area (Å²) in [5.74, 6) is -5.27. The van der Waals surface area contributed by atoms with Gasteiger partial charge in [-0.25, -0.2) is 0 Å². The molecule has 4 N–H and O–H groups in total. The van der Waals surface area contributed by atoms with Gasteiger partial charge in [-0.05, 0) is 56.4 Å². The molecule has 1 amide bonds. The van der Waals surface area contributed by atoms with Gasteiger partial charge in [0.1, 0.15) is 29.3 Å². The second-order valence-electron chi connectivity index (χ2n) is 19.2. The quantitative estimate of drug-likeness (QED) is 0.269. The summed E-state index contributed by atoms with van der Waals surface area (Å²) in [6.07, 6.45) is 8.50. The number of aliphatic hydroxyl groups is 2. The summed E-state index contributed by atoms with van der Waals surface area (Å²) in [5, 5.41) is 28.3. The number of fused-ring (bicyclic) bond motifs is 4. The minimum Gasteiger partial charge on any atom is -0.496 e. The highest BCUT2D eigenvalue weighted by Gasteiger charge is 2.57. The second-order valence-corrected chi connectivity index (χ2v) is 19.2. The molecule has 1 aliphatic carbocycles. The number of Topliss-reactive ketones (excluding diaryl/α,β-unsaturated/α-hetero) is 2. The van der Waals surface area contributed by atoms with Crippen LogP contribution in [0.2, 0.25) is 0 Å². The fourth-order valence-electron chi connectivity index (χ4n) is 10.8. The monoisotopic (exact) mass is 891 g/mol. The normalized spacial score (nSPS) is 35.1. The number of rotatable bonds is 7. The lowest BCUT2D eigenvalue weighted by Crippen LogP contribution is -2.62. The van der Waals surface area contributed by atoms with E-state index in [0.29, 0.717) is 41.2 Å². The SMILES string of the molecule is COc1c(C)c2c3c4c1C(=O)C(NC(=O)/C(C)=C\C=C\[C@H](C)[C@H](OC)[C@@H](C)[C@@H](CO)[C@@H](C)[C@H](OC(C)=O)[C@H](C)[C@@H](CO)/C=C/O[C@@](C)(O2)C3=O)C1NC2(CCN(CC(C)C)CC2)N=C41. The number of nitrogens with one attached hydrogen (secondary N) is 2. The standard InChI is InChI=1S/C49H70N4O11/c1-25(2)22-53-19-17-49(18-20-53)51-38-35-36-41(57)40(39(38)52-49)50-47(59)27(4)15-13-14-26(3)42(60-11)29(6)34(24-55)30(7)43(63-32(9)56)28(5)33(23-54)16-21-62-48(10)46(58)37(35)45(64-48)31(8)44(36)61-12/h13-16,21,25-26,28-30,33-34,39-40,42-43,52,54-55H,17-20,22-24H2,1-12H3,(H,50,59)/b14-13+,21-16+,27-15-/t26-,28+,29-,30+,33+,34+,39?,40?,42-,43+,48-/m0/s1. The van der Waals surface area contributed by atoms with Gasteiger partial charge in [-0.2, -0.15) is 0 Å². The molecule has 64 heavy (non-hydrogen) atoms. The van der Waals surface area contributed by atoms with Crippen LogP contribution in [0, 0.1) is 48.3 Å². The molecule has 0 aromatic heterocycles. The predicted octanol–water partition coefficient (Wildman–Crippen LogP) is 4.94. The first-order valence-electron chi connectivity index (χ1n) is 22.8. The third-order valence-corrected chi connectivity index (χ3v) is 14.4. The molecule has 6 rings (SSSR count). The topological polar surface area (TPSA) is 195 Å². The van der Waals surface area contributed by atoms with Crippen LogP contribution in [0.3, 0.4) is 0 Å². The summed E-state index contributed by atoms with van der Waals surface area (Å²) in [7, 11) is 3.06. The van der Waals surface area contributed by atoms with E-state index in [-0.39, 0.29) is 53.8 Å². The Bertz CT molecular complexity index is 2090. The number of amides is 1. The van der Waals surface area contributed by atoms with Gasteiger partial charge in [0.05, 0.1) is 42.4 Å². The third kappa shape index (κ3) is 9.20. The van der Waals surface area contributed by atoms with Crippen LogP contribution in [0.5, 0.6) is 11.5 Å². The Labute approximate surface area is 378 Å². The van der Waals surface area contributed by atoms with Crippen LogP contribution in [0.15, 0.2) is 41.1 Å². The Morgan fingerprint density at radius 1 is 0.953 bits per heavy atom. The van der Waals surface area contributed by atoms with Crippen LogP contribution in [0.25, 0.3) is 0 Å². The molecule has 15 heteroatoms. The molecule has 4 aliphatic heterocycles. The van der Waals surface area contributed by atoms with Crippen LogP contribution in [-0.4, -0.2) is 127 Å². The summed E-state index contributed by atoms with van der Waals surface area (Å²) in [6.45, 7) is 20.2. The fourth-order valence-corrected chi connectivity index (χ4v) is 10.8. The molecule has 5 bridgehead atoms. The average Bonchev–Trinajstić information content (AvgIpc) is 3.74. The van der Waals surface area contributed by atoms with Crippen molar-refractivity contribution >= 4 is 29.2 Å². The van der Waals surface area contributed by atoms with Crippen molar-refractivity contribution in [2.75, 3.05) is 47.1 Å². The zero-order chi connectivity index (χ0) is 47.0. The van der Waals surface area contributed by atoms with E-state index >= 15 is 4.79 Å². The Morgan fingerprint density at radius 3 is 2.22 bits per heavy atom. The fraction of sp³-hybridized carbons (Fsp3) is 0.653. The molecule has 1 aromatic carbocycles. The minimum atomic E-state index is -1.90. The van der Waals surface area contributed by atoms with Crippen molar-refractivity contribution in [3.05, 3.63) is 58.4 Å². The van der Waals surface area contributed by atoms with E-state index in [9.17, 15) is 24.6 Å². The van der Waals surface area contributed by atoms with E-state index in [0.717, 1.165) is 19.6 Å². The van der Waals surface area contributed by atoms with Gasteiger partial charge in [0.2, 0.25) is 5.91 Å². The highest BCUT2D eigenvalue weighted by atomic mass is 16.7. The summed E-state index contributed by atoms with van der Waals surface area (Å²) in [5.41, 5.74) is 1.04. The largest absolute Gasteiger partial charge is 0.496 e. The third-order valence-electron chi connectivity index (χ3n) is 14.4. The molecule has 1 saturated heterocycles. The van der Waals surface area contributed by atoms with Gasteiger partial charge >= 0.3 is 11.8 Å². The predicted molar refractivity (Wildman–Crippen MR) is 241 cm³/mol. The van der Waals surface area contributed by atoms with Crippen molar-refractivity contribution in [1.29, 1.82) is 0 Å². The maximum absolute atomic E-state index is 15.1. The number of aliphatic imine (C=N–C) groups is 1. The van der Waals surface area contributed by atoms with E-state index in [1.165, 1.54) is 27.2 Å². The lowest BCUT2D eigenvalue weighted by atomic mass is 9.72. The lowest BCUT2D eigenvalue weighted by Gasteiger charge is -2.40. The van der Waals surface area contributed by atoms with Crippen LogP contribution in [0.1, 0.15) is 107 Å². The Hall–Kier alpha value is -4.41. The number of likely N-dealkylation sites (tertiary alicyclic amines) is 1. The number of esters is 1. The number of allylic oxidation sites excluding steroid dienone is 2. The van der Waals surface area contributed by atoms with Gasteiger partial charge < -0.3 is 44.1 Å². The molecule has 1 aromatic rings. The average molecular weight is 891 g/mol. The van der Waals surface area contributed by atoms with E-state index in [2.05, 4.69) is 29.4 Å². The molecule has 11 atom stereocenters. The smallest absolute Gasteiger partial charge is 0.312 e. The number of hydrogen-bond acceptors (Lipinski definition) is 14. The van der Waals surface area contributed by atoms with E-state index in [4.69, 9.17) is 28.7 Å². The molecule has 1 fully saturated rings. The van der Waals surface area contributed by atoms with Gasteiger partial charge in [-0.1, -0.05) is 59.8 Å². The Balaban J connectivity index is 1.50. The molecule has 15 nitrogen and oxygen atoms in total. The number of nitrogens with zero attached hydrogens (tertiary/aromatic N) is 2. The van der Waals surface area contributed by atoms with Crippen LogP contribution in [-0.2, 0) is 23.8 Å². The first kappa shape index (κ1) is 49.0. The molecular weight excluding hydrogens is 821 g/mol. The zero-order valence-electron chi connectivity index (χ0n) is 39.7. The Morgan fingerprint density at radius 2 is 1.62 bits per heavy atom. The minimum absolute atomic E-state index is 0.136. The van der Waals surface area contributed by atoms with E-state index in [1.54, 1.807) is 39.2 Å². The number of ketones is 2. The van der Waals surface area contributed by atoms with Gasteiger partial charge in [-0.15, -0.1) is 0 Å². The van der Waals surface area contributed by atoms with Gasteiger partial charge in [0.15, 0.2) is 5.78 Å². The maximum atomic E-state index is 15.1. The number of piperidine rings is 1. The lowest BCUT2D eigenvalue weighted by molar-refractivity contribution is -0.157. The van der Waals surface area contributed by atoms with Crippen LogP contribution >= 0.6 is 0 Å². The molecule has 0 radical (unpaired) electrons. The summed E-state index contributed by atoms with van der Waals surface area (Å²) < 4.78 is 30.6. The molecule has 5 aliphatic rings. The van der Waals surface area contributed by atoms with E-state index in [1.807, 2.05) is 33.8 Å². The zero-order valence-corrected chi connectivity index (χ0v) is 39.7. The first-order chi connectivity index (χ1) is 30.3. The van der Waals surface area contributed by atoms with Gasteiger partial charge in [0.25, 0.3) is 5.78 Å². The number of methoxy groups -OCH3 is 2. The second kappa shape index (κ2) is 19.6. The molecule has 4 heterocycles. The van der Waals surface area contributed by atoms with Crippen molar-refractivity contribution in [2.45, 2.75) is 118 Å². The molecule has 1 spiro atoms. The Kier molecular flexibility index (Phi) is 15.0. The van der Waals surface area contributed by atoms with Crippen molar-refractivity contribution in [3.63, 3.8) is 0 Å². The molecule has 2 unspecified atom stereocenters. The van der Waals surface area contributed by atoms with Crippen molar-refractivity contribution in [3.8, 4) is 11.5 Å². The van der Waals surface area contributed by atoms with Gasteiger partial charge in [-0.3, -0.25) is 29.5 Å². The molecule has 352 valence electrons. The van der Waals surface area contributed by atoms with Gasteiger partial charge in [0, 0.05) is 88.3 Å². The van der Waals surface area contributed by atoms with Crippen molar-refractivity contribution in [1.82, 2.24) is 15.5 Å². The van der Waals surface area contributed by atoms with E-state index < -0.39 is 76.8 Å².